The van der Waals surface area contributed by atoms with Gasteiger partial charge in [-0.3, -0.25) is 4.79 Å². The van der Waals surface area contributed by atoms with E-state index in [1.807, 2.05) is 19.2 Å². The van der Waals surface area contributed by atoms with Crippen LogP contribution in [0.3, 0.4) is 0 Å². The van der Waals surface area contributed by atoms with Crippen LogP contribution < -0.4 is 5.56 Å². The predicted octanol–water partition coefficient (Wildman–Crippen LogP) is 4.06. The van der Waals surface area contributed by atoms with Gasteiger partial charge >= 0.3 is 0 Å². The van der Waals surface area contributed by atoms with Gasteiger partial charge in [-0.15, -0.1) is 0 Å². The molecule has 31 heavy (non-hydrogen) atoms. The van der Waals surface area contributed by atoms with Crippen molar-refractivity contribution >= 4 is 11.0 Å². The van der Waals surface area contributed by atoms with Gasteiger partial charge in [0.2, 0.25) is 0 Å². The number of benzene rings is 1. The molecule has 6 nitrogen and oxygen atoms in total. The molecule has 0 unspecified atom stereocenters. The number of methoxy groups -OCH3 is 1. The van der Waals surface area contributed by atoms with Gasteiger partial charge in [0.05, 0.1) is 23.2 Å². The van der Waals surface area contributed by atoms with Crippen molar-refractivity contribution in [3.63, 3.8) is 0 Å². The maximum Gasteiger partial charge on any atom is 0.253 e. The first kappa shape index (κ1) is 21.8. The van der Waals surface area contributed by atoms with Crippen LogP contribution in [0.15, 0.2) is 35.3 Å². The lowest BCUT2D eigenvalue weighted by atomic mass is 9.95. The van der Waals surface area contributed by atoms with Crippen LogP contribution in [0.4, 0.5) is 0 Å². The Labute approximate surface area is 183 Å². The second kappa shape index (κ2) is 8.60. The molecule has 0 amide bonds. The first-order valence-corrected chi connectivity index (χ1v) is 11.1. The molecule has 4 rings (SSSR count). The van der Waals surface area contributed by atoms with Crippen LogP contribution in [-0.4, -0.2) is 41.0 Å². The maximum absolute atomic E-state index is 12.1. The molecule has 3 heterocycles. The van der Waals surface area contributed by atoms with Crippen LogP contribution in [0.2, 0.25) is 0 Å². The van der Waals surface area contributed by atoms with Crippen molar-refractivity contribution in [1.82, 2.24) is 14.1 Å². The SMILES string of the molecule is COCC(C)(C)n1c(CC2CCOCC2)nc2ccc(-c3cc(C)c(=O)n(C)c3)cc21. The van der Waals surface area contributed by atoms with E-state index in [1.165, 1.54) is 0 Å². The summed E-state index contributed by atoms with van der Waals surface area (Å²) >= 11 is 0. The minimum Gasteiger partial charge on any atom is -0.382 e. The molecule has 2 aromatic heterocycles. The largest absolute Gasteiger partial charge is 0.382 e. The van der Waals surface area contributed by atoms with Crippen LogP contribution in [-0.2, 0) is 28.5 Å². The molecule has 0 aliphatic carbocycles. The van der Waals surface area contributed by atoms with Gasteiger partial charge in [-0.1, -0.05) is 6.07 Å². The molecular weight excluding hydrogens is 390 g/mol. The maximum atomic E-state index is 12.1. The average molecular weight is 424 g/mol. The molecule has 166 valence electrons. The highest BCUT2D eigenvalue weighted by atomic mass is 16.5. The number of imidazole rings is 1. The number of ether oxygens (including phenoxy) is 2. The Morgan fingerprint density at radius 2 is 1.94 bits per heavy atom. The van der Waals surface area contributed by atoms with E-state index in [2.05, 4.69) is 36.6 Å². The highest BCUT2D eigenvalue weighted by Gasteiger charge is 2.28. The third-order valence-corrected chi connectivity index (χ3v) is 6.33. The fourth-order valence-electron chi connectivity index (χ4n) is 4.78. The third kappa shape index (κ3) is 4.32. The molecule has 0 atom stereocenters. The van der Waals surface area contributed by atoms with Crippen molar-refractivity contribution in [2.45, 2.75) is 45.6 Å². The number of fused-ring (bicyclic) bond motifs is 1. The van der Waals surface area contributed by atoms with E-state index < -0.39 is 0 Å². The lowest BCUT2D eigenvalue weighted by molar-refractivity contribution is 0.0644. The number of rotatable bonds is 6. The number of hydrogen-bond donors (Lipinski definition) is 0. The first-order valence-electron chi connectivity index (χ1n) is 11.1. The highest BCUT2D eigenvalue weighted by Crippen LogP contribution is 2.32. The fraction of sp³-hybridized carbons (Fsp3) is 0.520. The van der Waals surface area contributed by atoms with Crippen LogP contribution in [0.5, 0.6) is 0 Å². The zero-order valence-corrected chi connectivity index (χ0v) is 19.3. The summed E-state index contributed by atoms with van der Waals surface area (Å²) < 4.78 is 15.1. The van der Waals surface area contributed by atoms with Crippen LogP contribution in [0, 0.1) is 12.8 Å². The molecule has 3 aromatic rings. The van der Waals surface area contributed by atoms with E-state index in [9.17, 15) is 4.79 Å². The second-order valence-corrected chi connectivity index (χ2v) is 9.40. The molecule has 1 fully saturated rings. The van der Waals surface area contributed by atoms with E-state index in [1.54, 1.807) is 18.7 Å². The highest BCUT2D eigenvalue weighted by molar-refractivity contribution is 5.83. The standard InChI is InChI=1S/C25H33N3O3/c1-17-12-20(15-27(4)24(17)29)19-6-7-21-22(14-19)28(25(2,3)16-30-5)23(26-21)13-18-8-10-31-11-9-18/h6-7,12,14-15,18H,8-11,13,16H2,1-5H3. The van der Waals surface area contributed by atoms with Crippen molar-refractivity contribution < 1.29 is 9.47 Å². The fourth-order valence-corrected chi connectivity index (χ4v) is 4.78. The Balaban J connectivity index is 1.84. The van der Waals surface area contributed by atoms with Crippen molar-refractivity contribution in [2.75, 3.05) is 26.9 Å². The van der Waals surface area contributed by atoms with Crippen molar-refractivity contribution in [3.05, 3.63) is 52.2 Å². The van der Waals surface area contributed by atoms with Crippen LogP contribution in [0.25, 0.3) is 22.2 Å². The second-order valence-electron chi connectivity index (χ2n) is 9.40. The molecule has 1 saturated heterocycles. The number of aromatic nitrogens is 3. The van der Waals surface area contributed by atoms with Gasteiger partial charge in [-0.25, -0.2) is 4.98 Å². The van der Waals surface area contributed by atoms with E-state index in [-0.39, 0.29) is 11.1 Å². The molecule has 0 spiro atoms. The Morgan fingerprint density at radius 1 is 1.19 bits per heavy atom. The quantitative estimate of drug-likeness (QED) is 0.600. The molecular formula is C25H33N3O3. The van der Waals surface area contributed by atoms with Crippen molar-refractivity contribution in [1.29, 1.82) is 0 Å². The summed E-state index contributed by atoms with van der Waals surface area (Å²) in [6.07, 6.45) is 5.01. The van der Waals surface area contributed by atoms with Crippen molar-refractivity contribution in [3.8, 4) is 11.1 Å². The van der Waals surface area contributed by atoms with Gasteiger partial charge < -0.3 is 18.6 Å². The Hall–Kier alpha value is -2.44. The third-order valence-electron chi connectivity index (χ3n) is 6.33. The molecule has 1 aromatic carbocycles. The van der Waals surface area contributed by atoms with Gasteiger partial charge in [0, 0.05) is 45.6 Å². The normalized spacial score (nSPS) is 15.6. The van der Waals surface area contributed by atoms with E-state index in [4.69, 9.17) is 14.5 Å². The summed E-state index contributed by atoms with van der Waals surface area (Å²) in [4.78, 5) is 17.2. The zero-order chi connectivity index (χ0) is 22.2. The minimum atomic E-state index is -0.234. The van der Waals surface area contributed by atoms with Gasteiger partial charge in [-0.05, 0) is 68.9 Å². The molecule has 0 saturated carbocycles. The van der Waals surface area contributed by atoms with Gasteiger partial charge in [0.25, 0.3) is 5.56 Å². The zero-order valence-electron chi connectivity index (χ0n) is 19.3. The monoisotopic (exact) mass is 423 g/mol. The minimum absolute atomic E-state index is 0.0369. The van der Waals surface area contributed by atoms with E-state index >= 15 is 0 Å². The predicted molar refractivity (Wildman–Crippen MR) is 124 cm³/mol. The summed E-state index contributed by atoms with van der Waals surface area (Å²) in [5, 5.41) is 0. The Morgan fingerprint density at radius 3 is 2.61 bits per heavy atom. The van der Waals surface area contributed by atoms with E-state index in [0.29, 0.717) is 12.5 Å². The summed E-state index contributed by atoms with van der Waals surface area (Å²) in [6, 6.07) is 8.36. The molecule has 1 aliphatic heterocycles. The topological polar surface area (TPSA) is 58.3 Å². The molecule has 0 bridgehead atoms. The molecule has 0 N–H and O–H groups in total. The Kier molecular flexibility index (Phi) is 6.04. The summed E-state index contributed by atoms with van der Waals surface area (Å²) in [5.41, 5.74) is 4.76. The smallest absolute Gasteiger partial charge is 0.253 e. The average Bonchev–Trinajstić information content (AvgIpc) is 3.10. The van der Waals surface area contributed by atoms with Gasteiger partial charge in [0.1, 0.15) is 5.82 Å². The van der Waals surface area contributed by atoms with Crippen molar-refractivity contribution in [2.24, 2.45) is 13.0 Å². The molecule has 0 radical (unpaired) electrons. The lowest BCUT2D eigenvalue weighted by Gasteiger charge is -2.30. The van der Waals surface area contributed by atoms with Crippen LogP contribution >= 0.6 is 0 Å². The lowest BCUT2D eigenvalue weighted by Crippen LogP contribution is -2.33. The Bertz CT molecular complexity index is 1110. The molecule has 6 heteroatoms. The number of nitrogens with zero attached hydrogens (tertiary/aromatic N) is 3. The van der Waals surface area contributed by atoms with Gasteiger partial charge in [0.15, 0.2) is 0 Å². The summed E-state index contributed by atoms with van der Waals surface area (Å²) in [6.45, 7) is 8.54. The van der Waals surface area contributed by atoms with E-state index in [0.717, 1.165) is 66.0 Å². The first-order chi connectivity index (χ1) is 14.8. The van der Waals surface area contributed by atoms with Crippen LogP contribution in [0.1, 0.15) is 38.1 Å². The number of hydrogen-bond acceptors (Lipinski definition) is 4. The number of aryl methyl sites for hydroxylation is 2. The summed E-state index contributed by atoms with van der Waals surface area (Å²) in [5.74, 6) is 1.70. The number of pyridine rings is 1. The molecule has 1 aliphatic rings. The van der Waals surface area contributed by atoms with Gasteiger partial charge in [-0.2, -0.15) is 0 Å². The summed E-state index contributed by atoms with van der Waals surface area (Å²) in [7, 11) is 3.55.